The van der Waals surface area contributed by atoms with Crippen molar-refractivity contribution in [2.45, 2.75) is 13.8 Å². The van der Waals surface area contributed by atoms with E-state index in [4.69, 9.17) is 4.74 Å². The standard InChI is InChI=1S/C19H17BrN2O3/c1-11-4-5-15(6-12(11)2)22-19(24)14(10-21)7-13-8-16(20)18(23)17(9-13)25-3/h4-9,23H,1-3H3,(H,22,24)/b14-7+. The summed E-state index contributed by atoms with van der Waals surface area (Å²) in [6.07, 6.45) is 1.43. The van der Waals surface area contributed by atoms with E-state index in [9.17, 15) is 15.2 Å². The number of aryl methyl sites for hydroxylation is 2. The average molecular weight is 401 g/mol. The molecule has 0 aromatic heterocycles. The Balaban J connectivity index is 2.31. The van der Waals surface area contributed by atoms with Gasteiger partial charge in [0.25, 0.3) is 5.91 Å². The summed E-state index contributed by atoms with van der Waals surface area (Å²) < 4.78 is 5.48. The zero-order chi connectivity index (χ0) is 18.6. The highest BCUT2D eigenvalue weighted by Gasteiger charge is 2.12. The summed E-state index contributed by atoms with van der Waals surface area (Å²) in [5, 5.41) is 21.9. The summed E-state index contributed by atoms with van der Waals surface area (Å²) in [7, 11) is 1.42. The molecule has 0 bridgehead atoms. The molecule has 6 heteroatoms. The predicted molar refractivity (Wildman–Crippen MR) is 100 cm³/mol. The maximum absolute atomic E-state index is 12.4. The summed E-state index contributed by atoms with van der Waals surface area (Å²) in [4.78, 5) is 12.4. The van der Waals surface area contributed by atoms with Gasteiger partial charge in [0.15, 0.2) is 11.5 Å². The highest BCUT2D eigenvalue weighted by atomic mass is 79.9. The minimum Gasteiger partial charge on any atom is -0.503 e. The largest absolute Gasteiger partial charge is 0.503 e. The number of aromatic hydroxyl groups is 1. The number of nitriles is 1. The van der Waals surface area contributed by atoms with Gasteiger partial charge in [0, 0.05) is 5.69 Å². The van der Waals surface area contributed by atoms with Crippen molar-refractivity contribution in [1.29, 1.82) is 5.26 Å². The molecule has 128 valence electrons. The van der Waals surface area contributed by atoms with E-state index in [1.54, 1.807) is 18.2 Å². The highest BCUT2D eigenvalue weighted by molar-refractivity contribution is 9.10. The number of halogens is 1. The average Bonchev–Trinajstić information content (AvgIpc) is 2.58. The van der Waals surface area contributed by atoms with Gasteiger partial charge < -0.3 is 15.2 Å². The van der Waals surface area contributed by atoms with Crippen LogP contribution in [0, 0.1) is 25.2 Å². The molecule has 25 heavy (non-hydrogen) atoms. The molecule has 0 radical (unpaired) electrons. The summed E-state index contributed by atoms with van der Waals surface area (Å²) in [6.45, 7) is 3.93. The predicted octanol–water partition coefficient (Wildman–Crippen LogP) is 4.33. The van der Waals surface area contributed by atoms with Crippen LogP contribution in [0.3, 0.4) is 0 Å². The Morgan fingerprint density at radius 2 is 2.00 bits per heavy atom. The fourth-order valence-electron chi connectivity index (χ4n) is 2.17. The number of rotatable bonds is 4. The fourth-order valence-corrected chi connectivity index (χ4v) is 2.63. The minimum absolute atomic E-state index is 0.0438. The van der Waals surface area contributed by atoms with E-state index < -0.39 is 5.91 Å². The molecule has 2 aromatic rings. The van der Waals surface area contributed by atoms with E-state index in [0.29, 0.717) is 15.7 Å². The van der Waals surface area contributed by atoms with Crippen molar-refractivity contribution in [1.82, 2.24) is 0 Å². The lowest BCUT2D eigenvalue weighted by Gasteiger charge is -2.08. The Morgan fingerprint density at radius 1 is 1.28 bits per heavy atom. The van der Waals surface area contributed by atoms with E-state index in [-0.39, 0.29) is 17.1 Å². The zero-order valence-corrected chi connectivity index (χ0v) is 15.6. The van der Waals surface area contributed by atoms with Gasteiger partial charge in [0.05, 0.1) is 11.6 Å². The molecule has 0 aliphatic rings. The van der Waals surface area contributed by atoms with Gasteiger partial charge in [-0.3, -0.25) is 4.79 Å². The van der Waals surface area contributed by atoms with Gasteiger partial charge in [-0.1, -0.05) is 6.07 Å². The van der Waals surface area contributed by atoms with E-state index in [0.717, 1.165) is 11.1 Å². The number of methoxy groups -OCH3 is 1. The van der Waals surface area contributed by atoms with Crippen molar-refractivity contribution >= 4 is 33.6 Å². The Labute approximate surface area is 154 Å². The zero-order valence-electron chi connectivity index (χ0n) is 14.1. The number of anilines is 1. The molecule has 0 saturated carbocycles. The number of phenols is 1. The Hall–Kier alpha value is -2.78. The van der Waals surface area contributed by atoms with Gasteiger partial charge in [-0.2, -0.15) is 5.26 Å². The van der Waals surface area contributed by atoms with Crippen molar-refractivity contribution in [3.8, 4) is 17.6 Å². The molecule has 0 aliphatic carbocycles. The first kappa shape index (κ1) is 18.6. The molecular weight excluding hydrogens is 384 g/mol. The molecule has 2 rings (SSSR count). The topological polar surface area (TPSA) is 82.3 Å². The number of benzene rings is 2. The highest BCUT2D eigenvalue weighted by Crippen LogP contribution is 2.35. The van der Waals surface area contributed by atoms with Crippen LogP contribution < -0.4 is 10.1 Å². The van der Waals surface area contributed by atoms with Crippen LogP contribution in [0.15, 0.2) is 40.4 Å². The first-order valence-electron chi connectivity index (χ1n) is 7.42. The third kappa shape index (κ3) is 4.40. The smallest absolute Gasteiger partial charge is 0.266 e. The van der Waals surface area contributed by atoms with E-state index in [2.05, 4.69) is 21.2 Å². The van der Waals surface area contributed by atoms with Crippen LogP contribution in [0.25, 0.3) is 6.08 Å². The maximum atomic E-state index is 12.4. The SMILES string of the molecule is COc1cc(/C=C(\C#N)C(=O)Nc2ccc(C)c(C)c2)cc(Br)c1O. The molecule has 0 aliphatic heterocycles. The third-order valence-corrected chi connectivity index (χ3v) is 4.32. The summed E-state index contributed by atoms with van der Waals surface area (Å²) in [5.41, 5.74) is 3.28. The maximum Gasteiger partial charge on any atom is 0.266 e. The molecular formula is C19H17BrN2O3. The number of amides is 1. The van der Waals surface area contributed by atoms with Crippen molar-refractivity contribution < 1.29 is 14.6 Å². The molecule has 0 fully saturated rings. The van der Waals surface area contributed by atoms with Crippen LogP contribution >= 0.6 is 15.9 Å². The summed E-state index contributed by atoms with van der Waals surface area (Å²) in [6, 6.07) is 10.6. The van der Waals surface area contributed by atoms with Crippen LogP contribution in [0.2, 0.25) is 0 Å². The number of ether oxygens (including phenoxy) is 1. The fraction of sp³-hybridized carbons (Fsp3) is 0.158. The monoisotopic (exact) mass is 400 g/mol. The number of nitrogens with one attached hydrogen (secondary N) is 1. The van der Waals surface area contributed by atoms with Crippen molar-refractivity contribution in [3.63, 3.8) is 0 Å². The Kier molecular flexibility index (Phi) is 5.84. The normalized spacial score (nSPS) is 10.9. The van der Waals surface area contributed by atoms with E-state index >= 15 is 0 Å². The molecule has 0 atom stereocenters. The lowest BCUT2D eigenvalue weighted by atomic mass is 10.1. The van der Waals surface area contributed by atoms with Crippen molar-refractivity contribution in [2.75, 3.05) is 12.4 Å². The second-order valence-electron chi connectivity index (χ2n) is 5.48. The quantitative estimate of drug-likeness (QED) is 0.590. The van der Waals surface area contributed by atoms with Crippen LogP contribution in [0.1, 0.15) is 16.7 Å². The van der Waals surface area contributed by atoms with Gasteiger partial charge >= 0.3 is 0 Å². The number of nitrogens with zero attached hydrogens (tertiary/aromatic N) is 1. The van der Waals surface area contributed by atoms with Gasteiger partial charge in [-0.15, -0.1) is 0 Å². The number of carbonyl (C=O) groups excluding carboxylic acids is 1. The van der Waals surface area contributed by atoms with Gasteiger partial charge in [0.1, 0.15) is 11.6 Å². The lowest BCUT2D eigenvalue weighted by Crippen LogP contribution is -2.13. The van der Waals surface area contributed by atoms with E-state index in [1.807, 2.05) is 32.0 Å². The second kappa shape index (κ2) is 7.86. The second-order valence-corrected chi connectivity index (χ2v) is 6.33. The van der Waals surface area contributed by atoms with Gasteiger partial charge in [-0.25, -0.2) is 0 Å². The number of carbonyl (C=O) groups is 1. The molecule has 0 saturated heterocycles. The molecule has 0 spiro atoms. The number of hydrogen-bond acceptors (Lipinski definition) is 4. The Bertz CT molecular complexity index is 898. The van der Waals surface area contributed by atoms with Crippen molar-refractivity contribution in [2.24, 2.45) is 0 Å². The molecule has 2 aromatic carbocycles. The van der Waals surface area contributed by atoms with Crippen LogP contribution in [-0.4, -0.2) is 18.1 Å². The lowest BCUT2D eigenvalue weighted by molar-refractivity contribution is -0.112. The first-order chi connectivity index (χ1) is 11.8. The number of hydrogen-bond donors (Lipinski definition) is 2. The molecule has 0 heterocycles. The minimum atomic E-state index is -0.506. The van der Waals surface area contributed by atoms with E-state index in [1.165, 1.54) is 13.2 Å². The first-order valence-corrected chi connectivity index (χ1v) is 8.22. The molecule has 5 nitrogen and oxygen atoms in total. The van der Waals surface area contributed by atoms with Crippen LogP contribution in [-0.2, 0) is 4.79 Å². The van der Waals surface area contributed by atoms with Crippen molar-refractivity contribution in [3.05, 3.63) is 57.1 Å². The molecule has 0 unspecified atom stereocenters. The van der Waals surface area contributed by atoms with Crippen LogP contribution in [0.4, 0.5) is 5.69 Å². The van der Waals surface area contributed by atoms with Gasteiger partial charge in [-0.05, 0) is 76.8 Å². The Morgan fingerprint density at radius 3 is 2.60 bits per heavy atom. The molecule has 2 N–H and O–H groups in total. The number of phenolic OH excluding ortho intramolecular Hbond substituents is 1. The summed E-state index contributed by atoms with van der Waals surface area (Å²) >= 11 is 3.21. The molecule has 1 amide bonds. The van der Waals surface area contributed by atoms with Crippen LogP contribution in [0.5, 0.6) is 11.5 Å². The third-order valence-electron chi connectivity index (χ3n) is 3.71. The summed E-state index contributed by atoms with van der Waals surface area (Å²) in [5.74, 6) is -0.306. The van der Waals surface area contributed by atoms with Gasteiger partial charge in [0.2, 0.25) is 0 Å².